The number of nitrogens with zero attached hydrogens (tertiary/aromatic N) is 2. The zero-order valence-corrected chi connectivity index (χ0v) is 12.8. The first-order chi connectivity index (χ1) is 9.65. The average molecular weight is 334 g/mol. The fourth-order valence-corrected chi connectivity index (χ4v) is 2.83. The number of furan rings is 1. The van der Waals surface area contributed by atoms with E-state index in [0.29, 0.717) is 5.95 Å². The first kappa shape index (κ1) is 13.2. The van der Waals surface area contributed by atoms with Crippen LogP contribution in [0, 0.1) is 0 Å². The molecule has 0 radical (unpaired) electrons. The zero-order valence-electron chi connectivity index (χ0n) is 11.2. The van der Waals surface area contributed by atoms with Gasteiger partial charge in [0.05, 0.1) is 17.3 Å². The Bertz CT molecular complexity index is 718. The Morgan fingerprint density at radius 3 is 3.00 bits per heavy atom. The minimum atomic E-state index is 0.263. The Morgan fingerprint density at radius 2 is 2.25 bits per heavy atom. The van der Waals surface area contributed by atoms with Gasteiger partial charge < -0.3 is 14.7 Å². The third-order valence-electron chi connectivity index (χ3n) is 3.51. The first-order valence-electron chi connectivity index (χ1n) is 6.60. The van der Waals surface area contributed by atoms with Crippen LogP contribution in [0.15, 0.2) is 45.5 Å². The van der Waals surface area contributed by atoms with E-state index in [9.17, 15) is 0 Å². The summed E-state index contributed by atoms with van der Waals surface area (Å²) >= 11 is 3.50. The van der Waals surface area contributed by atoms with Crippen molar-refractivity contribution in [3.63, 3.8) is 0 Å². The van der Waals surface area contributed by atoms with Crippen molar-refractivity contribution in [2.75, 3.05) is 5.73 Å². The molecule has 4 nitrogen and oxygen atoms in total. The van der Waals surface area contributed by atoms with E-state index in [1.807, 2.05) is 24.3 Å². The minimum absolute atomic E-state index is 0.263. The Hall–Kier alpha value is -1.75. The van der Waals surface area contributed by atoms with Crippen LogP contribution >= 0.6 is 15.9 Å². The number of nitrogen functional groups attached to an aromatic ring is 1. The largest absolute Gasteiger partial charge is 0.469 e. The van der Waals surface area contributed by atoms with Crippen molar-refractivity contribution in [3.8, 4) is 0 Å². The number of benzene rings is 1. The number of halogens is 1. The fraction of sp³-hybridized carbons (Fsp3) is 0.267. The van der Waals surface area contributed by atoms with Crippen molar-refractivity contribution in [1.82, 2.24) is 9.55 Å². The van der Waals surface area contributed by atoms with Gasteiger partial charge in [-0.3, -0.25) is 0 Å². The normalized spacial score (nSPS) is 12.9. The van der Waals surface area contributed by atoms with Crippen molar-refractivity contribution in [2.45, 2.75) is 25.8 Å². The molecule has 0 fully saturated rings. The standard InChI is InChI=1S/C15H16BrN3O/c1-10(4-6-12-3-2-8-20-12)19-14-9-11(16)5-7-13(14)18-15(19)17/h2-3,5,7-10H,4,6H2,1H3,(H2,17,18). The van der Waals surface area contributed by atoms with E-state index in [2.05, 4.69) is 38.5 Å². The van der Waals surface area contributed by atoms with Crippen LogP contribution < -0.4 is 5.73 Å². The molecule has 1 aromatic carbocycles. The maximum absolute atomic E-state index is 6.07. The van der Waals surface area contributed by atoms with Crippen LogP contribution in [-0.4, -0.2) is 9.55 Å². The number of hydrogen-bond acceptors (Lipinski definition) is 3. The SMILES string of the molecule is CC(CCc1ccco1)n1c(N)nc2ccc(Br)cc21. The van der Waals surface area contributed by atoms with Gasteiger partial charge >= 0.3 is 0 Å². The quantitative estimate of drug-likeness (QED) is 0.779. The lowest BCUT2D eigenvalue weighted by atomic mass is 10.1. The molecule has 20 heavy (non-hydrogen) atoms. The van der Waals surface area contributed by atoms with Crippen molar-refractivity contribution in [2.24, 2.45) is 0 Å². The molecule has 3 aromatic rings. The Kier molecular flexibility index (Phi) is 3.53. The smallest absolute Gasteiger partial charge is 0.201 e. The molecule has 2 aromatic heterocycles. The molecule has 0 aliphatic rings. The first-order valence-corrected chi connectivity index (χ1v) is 7.40. The Labute approximate surface area is 125 Å². The lowest BCUT2D eigenvalue weighted by Gasteiger charge is -2.15. The third kappa shape index (κ3) is 2.45. The summed E-state index contributed by atoms with van der Waals surface area (Å²) in [6.45, 7) is 2.15. The molecule has 2 heterocycles. The van der Waals surface area contributed by atoms with Crippen molar-refractivity contribution in [3.05, 3.63) is 46.8 Å². The van der Waals surface area contributed by atoms with Gasteiger partial charge in [-0.15, -0.1) is 0 Å². The molecule has 0 aliphatic heterocycles. The fourth-order valence-electron chi connectivity index (χ4n) is 2.48. The summed E-state index contributed by atoms with van der Waals surface area (Å²) in [4.78, 5) is 4.42. The molecule has 0 amide bonds. The van der Waals surface area contributed by atoms with E-state index in [0.717, 1.165) is 34.1 Å². The number of fused-ring (bicyclic) bond motifs is 1. The van der Waals surface area contributed by atoms with Crippen LogP contribution in [0.2, 0.25) is 0 Å². The van der Waals surface area contributed by atoms with Crippen LogP contribution in [0.1, 0.15) is 25.1 Å². The number of aryl methyl sites for hydroxylation is 1. The van der Waals surface area contributed by atoms with E-state index in [-0.39, 0.29) is 6.04 Å². The maximum atomic E-state index is 6.07. The van der Waals surface area contributed by atoms with Gasteiger partial charge in [0, 0.05) is 16.9 Å². The highest BCUT2D eigenvalue weighted by atomic mass is 79.9. The highest BCUT2D eigenvalue weighted by Gasteiger charge is 2.14. The summed E-state index contributed by atoms with van der Waals surface area (Å²) in [6.07, 6.45) is 3.55. The van der Waals surface area contributed by atoms with E-state index in [1.54, 1.807) is 6.26 Å². The van der Waals surface area contributed by atoms with Gasteiger partial charge in [0.1, 0.15) is 5.76 Å². The van der Waals surface area contributed by atoms with Gasteiger partial charge in [0.25, 0.3) is 0 Å². The van der Waals surface area contributed by atoms with Crippen LogP contribution in [-0.2, 0) is 6.42 Å². The number of anilines is 1. The number of imidazole rings is 1. The second-order valence-electron chi connectivity index (χ2n) is 4.94. The van der Waals surface area contributed by atoms with Gasteiger partial charge in [-0.2, -0.15) is 0 Å². The van der Waals surface area contributed by atoms with Crippen LogP contribution in [0.3, 0.4) is 0 Å². The average Bonchev–Trinajstić information content (AvgIpc) is 3.02. The zero-order chi connectivity index (χ0) is 14.1. The van der Waals surface area contributed by atoms with Gasteiger partial charge in [0.15, 0.2) is 0 Å². The lowest BCUT2D eigenvalue weighted by molar-refractivity contribution is 0.460. The van der Waals surface area contributed by atoms with Crippen LogP contribution in [0.25, 0.3) is 11.0 Å². The monoisotopic (exact) mass is 333 g/mol. The van der Waals surface area contributed by atoms with E-state index in [4.69, 9.17) is 10.2 Å². The van der Waals surface area contributed by atoms with Gasteiger partial charge in [0.2, 0.25) is 5.95 Å². The minimum Gasteiger partial charge on any atom is -0.469 e. The summed E-state index contributed by atoms with van der Waals surface area (Å²) < 4.78 is 8.49. The number of hydrogen-bond donors (Lipinski definition) is 1. The topological polar surface area (TPSA) is 57.0 Å². The summed E-state index contributed by atoms with van der Waals surface area (Å²) in [6, 6.07) is 10.2. The molecule has 0 saturated heterocycles. The summed E-state index contributed by atoms with van der Waals surface area (Å²) in [5.41, 5.74) is 8.05. The predicted molar refractivity (Wildman–Crippen MR) is 83.6 cm³/mol. The molecule has 1 unspecified atom stereocenters. The van der Waals surface area contributed by atoms with Crippen LogP contribution in [0.4, 0.5) is 5.95 Å². The summed E-state index contributed by atoms with van der Waals surface area (Å²) in [7, 11) is 0. The van der Waals surface area contributed by atoms with Gasteiger partial charge in [-0.1, -0.05) is 15.9 Å². The second-order valence-corrected chi connectivity index (χ2v) is 5.86. The van der Waals surface area contributed by atoms with Crippen molar-refractivity contribution >= 4 is 32.9 Å². The maximum Gasteiger partial charge on any atom is 0.201 e. The lowest BCUT2D eigenvalue weighted by Crippen LogP contribution is -2.09. The molecule has 0 aliphatic carbocycles. The van der Waals surface area contributed by atoms with E-state index >= 15 is 0 Å². The molecule has 2 N–H and O–H groups in total. The molecule has 0 spiro atoms. The molecular formula is C15H16BrN3O. The molecule has 0 saturated carbocycles. The van der Waals surface area contributed by atoms with Gasteiger partial charge in [-0.25, -0.2) is 4.98 Å². The van der Waals surface area contributed by atoms with E-state index < -0.39 is 0 Å². The van der Waals surface area contributed by atoms with E-state index in [1.165, 1.54) is 0 Å². The van der Waals surface area contributed by atoms with Gasteiger partial charge in [-0.05, 0) is 43.7 Å². The summed E-state index contributed by atoms with van der Waals surface area (Å²) in [5, 5.41) is 0. The number of rotatable bonds is 4. The molecular weight excluding hydrogens is 318 g/mol. The highest BCUT2D eigenvalue weighted by molar-refractivity contribution is 9.10. The predicted octanol–water partition coefficient (Wildman–Crippen LogP) is 4.17. The third-order valence-corrected chi connectivity index (χ3v) is 4.00. The van der Waals surface area contributed by atoms with Crippen LogP contribution in [0.5, 0.6) is 0 Å². The molecule has 104 valence electrons. The summed E-state index contributed by atoms with van der Waals surface area (Å²) in [5.74, 6) is 1.56. The number of aromatic nitrogens is 2. The van der Waals surface area contributed by atoms with Crippen molar-refractivity contribution in [1.29, 1.82) is 0 Å². The van der Waals surface area contributed by atoms with Crippen molar-refractivity contribution < 1.29 is 4.42 Å². The molecule has 3 rings (SSSR count). The molecule has 5 heteroatoms. The molecule has 0 bridgehead atoms. The Morgan fingerprint density at radius 1 is 1.40 bits per heavy atom. The Balaban J connectivity index is 1.88. The second kappa shape index (κ2) is 5.32. The molecule has 1 atom stereocenters. The number of nitrogens with two attached hydrogens (primary N) is 1. The highest BCUT2D eigenvalue weighted by Crippen LogP contribution is 2.27.